The van der Waals surface area contributed by atoms with E-state index in [2.05, 4.69) is 54.4 Å². The standard InChI is InChI=1S/C44H43N3O3/c1-2-12-38(42(45)48)39(26-29-13-3-4-14-29)43(49)46-41-37-21-8-7-19-35(37)36-20-9-10-22-40(36)47(44(41)50)28-30-15-11-18-32(25-30)34-24-23-31-16-5-6-17-33(31)27-34/h2,5-11,15-25,27,29,38-39,41H,1,3-4,12-14,26,28H2,(H2,45,48)(H,46,49)/t38-,39+,41?/m0/s1. The summed E-state index contributed by atoms with van der Waals surface area (Å²) in [5.74, 6) is -2.09. The first-order chi connectivity index (χ1) is 24.4. The van der Waals surface area contributed by atoms with E-state index in [0.29, 0.717) is 25.3 Å². The van der Waals surface area contributed by atoms with E-state index in [1.807, 2.05) is 72.8 Å². The zero-order chi connectivity index (χ0) is 34.6. The molecule has 50 heavy (non-hydrogen) atoms. The number of allylic oxidation sites excluding steroid dienone is 1. The van der Waals surface area contributed by atoms with Crippen molar-refractivity contribution in [2.24, 2.45) is 23.5 Å². The molecule has 1 fully saturated rings. The molecule has 5 aromatic rings. The molecule has 5 aromatic carbocycles. The predicted octanol–water partition coefficient (Wildman–Crippen LogP) is 8.75. The summed E-state index contributed by atoms with van der Waals surface area (Å²) in [5, 5.41) is 5.52. The van der Waals surface area contributed by atoms with E-state index in [-0.39, 0.29) is 11.8 Å². The van der Waals surface area contributed by atoms with Crippen molar-refractivity contribution >= 4 is 34.2 Å². The largest absolute Gasteiger partial charge is 0.369 e. The second-order valence-electron chi connectivity index (χ2n) is 13.8. The number of primary amides is 1. The lowest BCUT2D eigenvalue weighted by atomic mass is 9.80. The van der Waals surface area contributed by atoms with E-state index < -0.39 is 23.8 Å². The number of nitrogens with zero attached hydrogens (tertiary/aromatic N) is 1. The number of amides is 3. The van der Waals surface area contributed by atoms with Gasteiger partial charge in [-0.15, -0.1) is 6.58 Å². The molecule has 3 atom stereocenters. The lowest BCUT2D eigenvalue weighted by Gasteiger charge is -2.30. The van der Waals surface area contributed by atoms with Crippen LogP contribution in [0.4, 0.5) is 5.69 Å². The van der Waals surface area contributed by atoms with Gasteiger partial charge in [0.25, 0.3) is 5.91 Å². The summed E-state index contributed by atoms with van der Waals surface area (Å²) in [6, 6.07) is 37.8. The van der Waals surface area contributed by atoms with Crippen molar-refractivity contribution < 1.29 is 14.4 Å². The van der Waals surface area contributed by atoms with Crippen molar-refractivity contribution in [2.45, 2.75) is 51.1 Å². The molecule has 0 saturated heterocycles. The van der Waals surface area contributed by atoms with Gasteiger partial charge in [0.05, 0.1) is 24.1 Å². The second-order valence-corrected chi connectivity index (χ2v) is 13.8. The van der Waals surface area contributed by atoms with Gasteiger partial charge >= 0.3 is 0 Å². The highest BCUT2D eigenvalue weighted by atomic mass is 16.2. The smallest absolute Gasteiger partial charge is 0.254 e. The Labute approximate surface area is 294 Å². The normalized spacial score (nSPS) is 17.0. The number of benzene rings is 5. The first-order valence-corrected chi connectivity index (χ1v) is 17.7. The van der Waals surface area contributed by atoms with Crippen molar-refractivity contribution in [1.82, 2.24) is 5.32 Å². The molecule has 1 aliphatic carbocycles. The Balaban J connectivity index is 1.25. The van der Waals surface area contributed by atoms with E-state index in [4.69, 9.17) is 5.73 Å². The summed E-state index contributed by atoms with van der Waals surface area (Å²) in [5.41, 5.74) is 12.3. The van der Waals surface area contributed by atoms with Gasteiger partial charge in [0.2, 0.25) is 11.8 Å². The highest BCUT2D eigenvalue weighted by Gasteiger charge is 2.39. The number of nitrogens with two attached hydrogens (primary N) is 1. The van der Waals surface area contributed by atoms with Gasteiger partial charge in [-0.2, -0.15) is 0 Å². The molecule has 6 heteroatoms. The molecule has 0 spiro atoms. The molecular weight excluding hydrogens is 619 g/mol. The molecule has 0 aromatic heterocycles. The van der Waals surface area contributed by atoms with Crippen LogP contribution in [0.2, 0.25) is 0 Å². The Bertz CT molecular complexity index is 2060. The molecule has 1 aliphatic heterocycles. The Morgan fingerprint density at radius 2 is 1.50 bits per heavy atom. The summed E-state index contributed by atoms with van der Waals surface area (Å²) < 4.78 is 0. The number of fused-ring (bicyclic) bond motifs is 4. The Kier molecular flexibility index (Phi) is 9.61. The fourth-order valence-corrected chi connectivity index (χ4v) is 8.01. The van der Waals surface area contributed by atoms with Gasteiger partial charge in [0, 0.05) is 5.56 Å². The third kappa shape index (κ3) is 6.71. The van der Waals surface area contributed by atoms with Gasteiger partial charge in [-0.05, 0) is 75.5 Å². The molecule has 252 valence electrons. The van der Waals surface area contributed by atoms with Crippen LogP contribution in [0.25, 0.3) is 33.0 Å². The lowest BCUT2D eigenvalue weighted by Crippen LogP contribution is -2.47. The summed E-state index contributed by atoms with van der Waals surface area (Å²) in [6.45, 7) is 4.15. The monoisotopic (exact) mass is 661 g/mol. The highest BCUT2D eigenvalue weighted by Crippen LogP contribution is 2.42. The van der Waals surface area contributed by atoms with E-state index >= 15 is 0 Å². The minimum atomic E-state index is -0.960. The first kappa shape index (κ1) is 33.0. The van der Waals surface area contributed by atoms with Gasteiger partial charge < -0.3 is 16.0 Å². The number of anilines is 1. The fraction of sp³-hybridized carbons (Fsp3) is 0.250. The van der Waals surface area contributed by atoms with Crippen LogP contribution in [0.3, 0.4) is 0 Å². The van der Waals surface area contributed by atoms with E-state index in [9.17, 15) is 14.4 Å². The molecular formula is C44H43N3O3. The molecule has 1 saturated carbocycles. The minimum Gasteiger partial charge on any atom is -0.369 e. The average molecular weight is 662 g/mol. The minimum absolute atomic E-state index is 0.231. The van der Waals surface area contributed by atoms with Gasteiger partial charge in [0.15, 0.2) is 0 Å². The van der Waals surface area contributed by atoms with Crippen LogP contribution < -0.4 is 16.0 Å². The number of para-hydroxylation sites is 1. The maximum absolute atomic E-state index is 14.9. The molecule has 0 bridgehead atoms. The number of carbonyl (C=O) groups is 3. The third-order valence-electron chi connectivity index (χ3n) is 10.6. The maximum Gasteiger partial charge on any atom is 0.254 e. The quantitative estimate of drug-likeness (QED) is 0.139. The second kappa shape index (κ2) is 14.6. The average Bonchev–Trinajstić information content (AvgIpc) is 3.64. The number of hydrogen-bond donors (Lipinski definition) is 2. The fourth-order valence-electron chi connectivity index (χ4n) is 8.01. The van der Waals surface area contributed by atoms with Gasteiger partial charge in [-0.1, -0.05) is 129 Å². The number of nitrogens with one attached hydrogen (secondary N) is 1. The molecule has 1 unspecified atom stereocenters. The molecule has 6 nitrogen and oxygen atoms in total. The van der Waals surface area contributed by atoms with Gasteiger partial charge in [-0.25, -0.2) is 0 Å². The Morgan fingerprint density at radius 3 is 2.28 bits per heavy atom. The topological polar surface area (TPSA) is 92.5 Å². The van der Waals surface area contributed by atoms with Crippen molar-refractivity contribution in [2.75, 3.05) is 4.90 Å². The van der Waals surface area contributed by atoms with Crippen LogP contribution in [-0.4, -0.2) is 17.7 Å². The van der Waals surface area contributed by atoms with Crippen LogP contribution in [0.1, 0.15) is 55.7 Å². The van der Waals surface area contributed by atoms with E-state index in [0.717, 1.165) is 64.8 Å². The van der Waals surface area contributed by atoms with Crippen LogP contribution in [0.15, 0.2) is 128 Å². The highest BCUT2D eigenvalue weighted by molar-refractivity contribution is 6.06. The van der Waals surface area contributed by atoms with Gasteiger partial charge in [-0.3, -0.25) is 14.4 Å². The number of hydrogen-bond acceptors (Lipinski definition) is 3. The molecule has 7 rings (SSSR count). The molecule has 2 aliphatic rings. The zero-order valence-corrected chi connectivity index (χ0v) is 28.3. The van der Waals surface area contributed by atoms with Crippen molar-refractivity contribution in [1.29, 1.82) is 0 Å². The van der Waals surface area contributed by atoms with Gasteiger partial charge in [0.1, 0.15) is 6.04 Å². The summed E-state index contributed by atoms with van der Waals surface area (Å²) >= 11 is 0. The zero-order valence-electron chi connectivity index (χ0n) is 28.3. The molecule has 0 radical (unpaired) electrons. The van der Waals surface area contributed by atoms with E-state index in [1.54, 1.807) is 11.0 Å². The Morgan fingerprint density at radius 1 is 0.800 bits per heavy atom. The van der Waals surface area contributed by atoms with Crippen LogP contribution in [-0.2, 0) is 20.9 Å². The lowest BCUT2D eigenvalue weighted by molar-refractivity contribution is -0.136. The summed E-state index contributed by atoms with van der Waals surface area (Å²) in [6.07, 6.45) is 6.80. The molecule has 3 N–H and O–H groups in total. The van der Waals surface area contributed by atoms with Crippen LogP contribution in [0.5, 0.6) is 0 Å². The molecule has 1 heterocycles. The van der Waals surface area contributed by atoms with Crippen molar-refractivity contribution in [3.63, 3.8) is 0 Å². The maximum atomic E-state index is 14.9. The van der Waals surface area contributed by atoms with E-state index in [1.165, 1.54) is 10.8 Å². The Hall–Kier alpha value is -5.49. The van der Waals surface area contributed by atoms with Crippen molar-refractivity contribution in [3.8, 4) is 22.3 Å². The number of rotatable bonds is 11. The number of carbonyl (C=O) groups excluding carboxylic acids is 3. The van der Waals surface area contributed by atoms with Crippen LogP contribution in [0, 0.1) is 17.8 Å². The summed E-state index contributed by atoms with van der Waals surface area (Å²) in [4.78, 5) is 43.8. The van der Waals surface area contributed by atoms with Crippen LogP contribution >= 0.6 is 0 Å². The first-order valence-electron chi connectivity index (χ1n) is 17.7. The predicted molar refractivity (Wildman–Crippen MR) is 201 cm³/mol. The summed E-state index contributed by atoms with van der Waals surface area (Å²) in [7, 11) is 0. The molecule has 3 amide bonds. The third-order valence-corrected chi connectivity index (χ3v) is 10.6. The van der Waals surface area contributed by atoms with Crippen molar-refractivity contribution in [3.05, 3.63) is 139 Å². The SMILES string of the molecule is C=CC[C@H](C(N)=O)[C@@H](CC1CCCC1)C(=O)NC1C(=O)N(Cc2cccc(-c3ccc4ccccc4c3)c2)c2ccccc2-c2ccccc21.